The summed E-state index contributed by atoms with van der Waals surface area (Å²) < 4.78 is 9.61. The first kappa shape index (κ1) is 14.0. The molecular weight excluding hydrogens is 224 g/mol. The first-order chi connectivity index (χ1) is 6.39. The van der Waals surface area contributed by atoms with Crippen molar-refractivity contribution >= 4 is 24.5 Å². The number of alkyl carbamates (subject to hydrolysis) is 1. The van der Waals surface area contributed by atoms with Crippen LogP contribution in [-0.4, -0.2) is 36.9 Å². The second-order valence-electron chi connectivity index (χ2n) is 3.73. The van der Waals surface area contributed by atoms with Gasteiger partial charge < -0.3 is 20.5 Å². The van der Waals surface area contributed by atoms with E-state index in [1.165, 1.54) is 0 Å². The van der Waals surface area contributed by atoms with Crippen molar-refractivity contribution in [3.8, 4) is 0 Å². The molecule has 1 amide bonds. The van der Waals surface area contributed by atoms with Crippen LogP contribution in [0.15, 0.2) is 0 Å². The zero-order valence-corrected chi connectivity index (χ0v) is 9.43. The maximum atomic E-state index is 11.2. The SMILES string of the molecule is CC(C)(N)C(=O)OC[C@H]1CNC(=O)O1.Cl. The molecule has 0 aromatic rings. The van der Waals surface area contributed by atoms with Crippen LogP contribution in [0.2, 0.25) is 0 Å². The van der Waals surface area contributed by atoms with Crippen molar-refractivity contribution in [3.63, 3.8) is 0 Å². The van der Waals surface area contributed by atoms with Gasteiger partial charge in [-0.1, -0.05) is 0 Å². The number of carbonyl (C=O) groups is 2. The van der Waals surface area contributed by atoms with Gasteiger partial charge in [-0.15, -0.1) is 12.4 Å². The molecule has 0 aromatic heterocycles. The molecule has 3 N–H and O–H groups in total. The number of amides is 1. The van der Waals surface area contributed by atoms with Crippen LogP contribution in [0.5, 0.6) is 0 Å². The van der Waals surface area contributed by atoms with Crippen molar-refractivity contribution in [2.75, 3.05) is 13.2 Å². The van der Waals surface area contributed by atoms with Crippen LogP contribution >= 0.6 is 12.4 Å². The van der Waals surface area contributed by atoms with Crippen LogP contribution in [-0.2, 0) is 14.3 Å². The highest BCUT2D eigenvalue weighted by molar-refractivity contribution is 5.85. The van der Waals surface area contributed by atoms with Gasteiger partial charge in [0.2, 0.25) is 0 Å². The molecule has 1 heterocycles. The number of esters is 1. The highest BCUT2D eigenvalue weighted by Gasteiger charge is 2.28. The fourth-order valence-electron chi connectivity index (χ4n) is 0.879. The third-order valence-electron chi connectivity index (χ3n) is 1.67. The van der Waals surface area contributed by atoms with Gasteiger partial charge in [-0.25, -0.2) is 4.79 Å². The van der Waals surface area contributed by atoms with Gasteiger partial charge in [0, 0.05) is 0 Å². The van der Waals surface area contributed by atoms with E-state index in [2.05, 4.69) is 5.32 Å². The summed E-state index contributed by atoms with van der Waals surface area (Å²) in [6, 6.07) is 0. The first-order valence-corrected chi connectivity index (χ1v) is 4.30. The average molecular weight is 239 g/mol. The van der Waals surface area contributed by atoms with Gasteiger partial charge in [-0.3, -0.25) is 4.79 Å². The fraction of sp³-hybridized carbons (Fsp3) is 0.750. The Morgan fingerprint density at radius 3 is 2.73 bits per heavy atom. The van der Waals surface area contributed by atoms with E-state index in [0.29, 0.717) is 6.54 Å². The molecule has 88 valence electrons. The van der Waals surface area contributed by atoms with E-state index in [4.69, 9.17) is 15.2 Å². The van der Waals surface area contributed by atoms with Gasteiger partial charge in [0.25, 0.3) is 0 Å². The van der Waals surface area contributed by atoms with Crippen molar-refractivity contribution in [2.45, 2.75) is 25.5 Å². The summed E-state index contributed by atoms with van der Waals surface area (Å²) in [5, 5.41) is 2.45. The molecule has 0 saturated carbocycles. The zero-order chi connectivity index (χ0) is 10.8. The molecule has 0 spiro atoms. The maximum Gasteiger partial charge on any atom is 0.407 e. The molecule has 6 nitrogen and oxygen atoms in total. The second-order valence-corrected chi connectivity index (χ2v) is 3.73. The Balaban J connectivity index is 0.00000196. The van der Waals surface area contributed by atoms with Crippen LogP contribution in [0.4, 0.5) is 4.79 Å². The molecule has 0 bridgehead atoms. The number of carbonyl (C=O) groups excluding carboxylic acids is 2. The van der Waals surface area contributed by atoms with Gasteiger partial charge in [-0.2, -0.15) is 0 Å². The zero-order valence-electron chi connectivity index (χ0n) is 8.61. The number of nitrogens with two attached hydrogens (primary N) is 1. The predicted molar refractivity (Wildman–Crippen MR) is 54.7 cm³/mol. The van der Waals surface area contributed by atoms with E-state index < -0.39 is 23.7 Å². The van der Waals surface area contributed by atoms with E-state index in [9.17, 15) is 9.59 Å². The van der Waals surface area contributed by atoms with Gasteiger partial charge in [0.1, 0.15) is 12.1 Å². The van der Waals surface area contributed by atoms with E-state index in [1.54, 1.807) is 13.8 Å². The van der Waals surface area contributed by atoms with E-state index in [1.807, 2.05) is 0 Å². The predicted octanol–water partition coefficient (Wildman–Crippen LogP) is -0.203. The molecule has 1 fully saturated rings. The molecule has 0 aromatic carbocycles. The molecule has 1 rings (SSSR count). The number of rotatable bonds is 3. The topological polar surface area (TPSA) is 90.7 Å². The van der Waals surface area contributed by atoms with Crippen LogP contribution in [0.25, 0.3) is 0 Å². The summed E-state index contributed by atoms with van der Waals surface area (Å²) in [4.78, 5) is 21.8. The molecule has 1 aliphatic heterocycles. The Morgan fingerprint density at radius 2 is 2.33 bits per heavy atom. The van der Waals surface area contributed by atoms with Gasteiger partial charge in [-0.05, 0) is 13.8 Å². The summed E-state index contributed by atoms with van der Waals surface area (Å²) in [5.41, 5.74) is 4.48. The van der Waals surface area contributed by atoms with Crippen molar-refractivity contribution in [2.24, 2.45) is 5.73 Å². The monoisotopic (exact) mass is 238 g/mol. The Bertz CT molecular complexity index is 252. The lowest BCUT2D eigenvalue weighted by atomic mass is 10.1. The molecule has 1 atom stereocenters. The highest BCUT2D eigenvalue weighted by atomic mass is 35.5. The average Bonchev–Trinajstić information content (AvgIpc) is 2.45. The Hall–Kier alpha value is -1.01. The van der Waals surface area contributed by atoms with Gasteiger partial charge in [0.15, 0.2) is 6.10 Å². The van der Waals surface area contributed by atoms with Gasteiger partial charge >= 0.3 is 12.1 Å². The molecule has 15 heavy (non-hydrogen) atoms. The lowest BCUT2D eigenvalue weighted by Gasteiger charge is -2.17. The molecule has 0 radical (unpaired) electrons. The summed E-state index contributed by atoms with van der Waals surface area (Å²) in [6.45, 7) is 3.50. The van der Waals surface area contributed by atoms with E-state index in [0.717, 1.165) is 0 Å². The number of hydrogen-bond acceptors (Lipinski definition) is 5. The first-order valence-electron chi connectivity index (χ1n) is 4.30. The van der Waals surface area contributed by atoms with Crippen LogP contribution in [0.3, 0.4) is 0 Å². The molecule has 7 heteroatoms. The van der Waals surface area contributed by atoms with Crippen LogP contribution < -0.4 is 11.1 Å². The van der Waals surface area contributed by atoms with E-state index >= 15 is 0 Å². The Labute approximate surface area is 93.9 Å². The maximum absolute atomic E-state index is 11.2. The molecular formula is C8H15ClN2O4. The summed E-state index contributed by atoms with van der Waals surface area (Å²) >= 11 is 0. The lowest BCUT2D eigenvalue weighted by Crippen LogP contribution is -2.43. The van der Waals surface area contributed by atoms with Crippen LogP contribution in [0, 0.1) is 0 Å². The fourth-order valence-corrected chi connectivity index (χ4v) is 0.879. The van der Waals surface area contributed by atoms with Gasteiger partial charge in [0.05, 0.1) is 6.54 Å². The summed E-state index contributed by atoms with van der Waals surface area (Å²) in [5.74, 6) is -0.513. The minimum atomic E-state index is -1.02. The van der Waals surface area contributed by atoms with Crippen molar-refractivity contribution in [1.82, 2.24) is 5.32 Å². The molecule has 0 aliphatic carbocycles. The van der Waals surface area contributed by atoms with Crippen molar-refractivity contribution in [1.29, 1.82) is 0 Å². The Kier molecular flexibility index (Phi) is 4.83. The van der Waals surface area contributed by atoms with Crippen LogP contribution in [0.1, 0.15) is 13.8 Å². The normalized spacial score (nSPS) is 19.9. The minimum Gasteiger partial charge on any atom is -0.460 e. The number of ether oxygens (including phenoxy) is 2. The third kappa shape index (κ3) is 4.35. The largest absolute Gasteiger partial charge is 0.460 e. The standard InChI is InChI=1S/C8H14N2O4.ClH/c1-8(2,9)6(11)13-4-5-3-10-7(12)14-5;/h5H,3-4,9H2,1-2H3,(H,10,12);1H/t5-;/m1./s1. The highest BCUT2D eigenvalue weighted by Crippen LogP contribution is 2.04. The smallest absolute Gasteiger partial charge is 0.407 e. The number of halogens is 1. The minimum absolute atomic E-state index is 0. The quantitative estimate of drug-likeness (QED) is 0.665. The summed E-state index contributed by atoms with van der Waals surface area (Å²) in [7, 11) is 0. The van der Waals surface area contributed by atoms with Crippen molar-refractivity contribution < 1.29 is 19.1 Å². The van der Waals surface area contributed by atoms with Crippen molar-refractivity contribution in [3.05, 3.63) is 0 Å². The third-order valence-corrected chi connectivity index (χ3v) is 1.67. The summed E-state index contributed by atoms with van der Waals surface area (Å²) in [6.07, 6.45) is -0.896. The molecule has 1 aliphatic rings. The second kappa shape index (κ2) is 5.18. The van der Waals surface area contributed by atoms with E-state index in [-0.39, 0.29) is 19.0 Å². The Morgan fingerprint density at radius 1 is 1.73 bits per heavy atom. The number of hydrogen-bond donors (Lipinski definition) is 2. The number of cyclic esters (lactones) is 1. The lowest BCUT2D eigenvalue weighted by molar-refractivity contribution is -0.151. The molecule has 0 unspecified atom stereocenters. The number of nitrogens with one attached hydrogen (secondary N) is 1. The molecule has 1 saturated heterocycles.